The van der Waals surface area contributed by atoms with Gasteiger partial charge in [0.25, 0.3) is 34.9 Å². The van der Waals surface area contributed by atoms with E-state index in [2.05, 4.69) is 160 Å². The number of hydrogen-bond acceptors (Lipinski definition) is 6. The zero-order chi connectivity index (χ0) is 135. The highest BCUT2D eigenvalue weighted by Crippen LogP contribution is 2.58. The van der Waals surface area contributed by atoms with E-state index in [1.54, 1.807) is 158 Å². The highest BCUT2D eigenvalue weighted by molar-refractivity contribution is 5.65. The van der Waals surface area contributed by atoms with Crippen molar-refractivity contribution in [2.24, 2.45) is 42.3 Å². The summed E-state index contributed by atoms with van der Waals surface area (Å²) in [6.45, 7) is 3.75. The molecule has 732 valence electrons. The van der Waals surface area contributed by atoms with Gasteiger partial charge in [-0.1, -0.05) is 236 Å². The van der Waals surface area contributed by atoms with E-state index in [4.69, 9.17) is 68.4 Å². The monoisotopic (exact) mass is 1920 g/mol. The van der Waals surface area contributed by atoms with Crippen LogP contribution in [0.3, 0.4) is 0 Å². The van der Waals surface area contributed by atoms with Gasteiger partial charge in [-0.25, -0.2) is 0 Å². The van der Waals surface area contributed by atoms with Crippen LogP contribution in [0.1, 0.15) is 367 Å². The molecule has 0 bridgehead atoms. The molecule has 6 aliphatic rings. The van der Waals surface area contributed by atoms with Crippen molar-refractivity contribution in [2.45, 2.75) is 326 Å². The number of hydrogen-bond donors (Lipinski definition) is 0. The zero-order valence-electron chi connectivity index (χ0n) is 125. The molecule has 6 aliphatic heterocycles. The Hall–Kier alpha value is -12.2. The van der Waals surface area contributed by atoms with Gasteiger partial charge in [-0.2, -0.15) is 14.0 Å². The zero-order valence-corrected chi connectivity index (χ0v) is 86.3. The SMILES string of the molecule is CCC1(C)c2nc(C)[n+](C)n2-c2c(C)cccc2C1(C)C.CCC1(C)c2nc[n+](C)n2-c2c(C)cccc2C1(C)C.[2H]C([2H])([2H])C1(C)c2nc(-c3cc(C)cc(C)c3)[n+](C)n2-c2c(C)cccc2C1(C([2H])([2H])[2H])C([2H])([2H])[2H].[2H]C([2H])([2H])C1(C)c2nc(-c3ccccc3)[n+](C)n2-c2c(C)cccc2C1(C([2H])([2H])[2H])C([2H])([2H])[2H].[2H]C([2H])([2H])C1(C)c2nc(C)[n+](C)n2-c2c(C)cccc2C1(C([2H])([2H])[2H])C([2H])([2H])[2H].[2H]C([2H])([2H])c1cc(C)cc(-c2nc3n([n+]2C)-c2c(C)cccc2C(C([2H])([2H])[2H])(C([2H])([2H])[2H])C3(C)C([2H])([2H])[2H])c1. The third kappa shape index (κ3) is 14.7. The molecule has 140 heavy (non-hydrogen) atoms. The summed E-state index contributed by atoms with van der Waals surface area (Å²) < 4.78 is 351. The molecular weight excluding hydrogens is 1720 g/mol. The lowest BCUT2D eigenvalue weighted by Crippen LogP contribution is -2.52. The normalized spacial score (nSPS) is 26.9. The number of para-hydroxylation sites is 6. The highest BCUT2D eigenvalue weighted by atomic mass is 15.5. The third-order valence-corrected chi connectivity index (χ3v) is 31.8. The summed E-state index contributed by atoms with van der Waals surface area (Å²) in [6.07, 6.45) is 4.08. The van der Waals surface area contributed by atoms with Crippen LogP contribution in [0.5, 0.6) is 0 Å². The van der Waals surface area contributed by atoms with Crippen LogP contribution in [0.15, 0.2) is 182 Å². The molecule has 0 amide bonds. The lowest BCUT2D eigenvalue weighted by atomic mass is 9.59. The van der Waals surface area contributed by atoms with E-state index in [0.717, 1.165) is 36.7 Å². The van der Waals surface area contributed by atoms with Gasteiger partial charge in [0.15, 0.2) is 0 Å². The van der Waals surface area contributed by atoms with E-state index >= 15 is 0 Å². The molecule has 21 rings (SSSR count). The van der Waals surface area contributed by atoms with E-state index < -0.39 is 132 Å². The van der Waals surface area contributed by atoms with Crippen LogP contribution in [0.4, 0.5) is 0 Å². The second-order valence-electron chi connectivity index (χ2n) is 41.7. The molecule has 0 N–H and O–H groups in total. The van der Waals surface area contributed by atoms with Gasteiger partial charge in [-0.3, -0.25) is 0 Å². The van der Waals surface area contributed by atoms with Crippen molar-refractivity contribution < 1.29 is 81.6 Å². The van der Waals surface area contributed by atoms with Gasteiger partial charge in [0, 0.05) is 99.8 Å². The molecule has 6 atom stereocenters. The minimum atomic E-state index is -3.29. The molecule has 0 aliphatic carbocycles. The Bertz CT molecular complexity index is 9030. The predicted octanol–water partition coefficient (Wildman–Crippen LogP) is 23.1. The second kappa shape index (κ2) is 34.3. The van der Waals surface area contributed by atoms with E-state index in [1.807, 2.05) is 56.6 Å². The summed E-state index contributed by atoms with van der Waals surface area (Å²) >= 11 is 0. The summed E-state index contributed by atoms with van der Waals surface area (Å²) in [5, 5.41) is 0. The Balaban J connectivity index is 0.000000150. The Morgan fingerprint density at radius 2 is 0.514 bits per heavy atom. The fraction of sp³-hybridized carbons (Fsp3) is 0.459. The van der Waals surface area contributed by atoms with Crippen LogP contribution in [0.2, 0.25) is 0 Å². The number of rotatable bonds is 5. The average molecular weight is 1920 g/mol. The Labute approximate surface area is 891 Å². The molecule has 15 aromatic rings. The van der Waals surface area contributed by atoms with Gasteiger partial charge in [-0.05, 0) is 306 Å². The molecule has 0 spiro atoms. The molecule has 0 radical (unpaired) electrons. The Morgan fingerprint density at radius 3 is 0.821 bits per heavy atom. The van der Waals surface area contributed by atoms with Crippen LogP contribution < -0.4 is 28.1 Å². The first-order valence-electron chi connectivity index (χ1n) is 67.1. The number of fused-ring (bicyclic) bond motifs is 18. The van der Waals surface area contributed by atoms with Crippen molar-refractivity contribution in [3.05, 3.63) is 318 Å². The first kappa shape index (κ1) is 62.2. The van der Waals surface area contributed by atoms with E-state index in [-0.39, 0.29) is 84.3 Å². The fourth-order valence-corrected chi connectivity index (χ4v) is 21.8. The summed E-state index contributed by atoms with van der Waals surface area (Å²) in [5.41, 5.74) is -4.71. The average Bonchev–Trinajstić information content (AvgIpc) is 1.52. The molecule has 12 heterocycles. The molecule has 6 unspecified atom stereocenters. The molecule has 0 saturated carbocycles. The van der Waals surface area contributed by atoms with Crippen molar-refractivity contribution >= 4 is 0 Å². The first-order chi connectivity index (χ1) is 81.4. The molecular formula is C122H160N18+6. The second-order valence-corrected chi connectivity index (χ2v) is 41.7. The van der Waals surface area contributed by atoms with Gasteiger partial charge in [-0.15, -0.1) is 42.1 Å². The van der Waals surface area contributed by atoms with Crippen molar-refractivity contribution in [3.8, 4) is 68.3 Å². The fourth-order valence-electron chi connectivity index (χ4n) is 21.8. The maximum Gasteiger partial charge on any atom is 0.351 e. The van der Waals surface area contributed by atoms with Gasteiger partial charge < -0.3 is 0 Å². The van der Waals surface area contributed by atoms with E-state index in [1.165, 1.54) is 118 Å². The van der Waals surface area contributed by atoms with Gasteiger partial charge in [0.2, 0.25) is 0 Å². The summed E-state index contributed by atoms with van der Waals surface area (Å²) in [6, 6.07) is 51.6. The van der Waals surface area contributed by atoms with Gasteiger partial charge >= 0.3 is 35.4 Å². The van der Waals surface area contributed by atoms with E-state index in [9.17, 15) is 0 Å². The van der Waals surface area contributed by atoms with Crippen molar-refractivity contribution in [2.75, 3.05) is 0 Å². The summed E-state index contributed by atoms with van der Waals surface area (Å²) in [7, 11) is 10.9. The minimum absolute atomic E-state index is 0.0276. The number of nitrogens with zero attached hydrogens (tertiary/aromatic N) is 18. The van der Waals surface area contributed by atoms with Crippen LogP contribution in [0, 0.1) is 83.0 Å². The van der Waals surface area contributed by atoms with Crippen LogP contribution in [0.25, 0.3) is 68.3 Å². The molecule has 18 nitrogen and oxygen atoms in total. The van der Waals surface area contributed by atoms with Crippen LogP contribution in [-0.4, -0.2) is 58.0 Å². The predicted molar refractivity (Wildman–Crippen MR) is 567 cm³/mol. The summed E-state index contributed by atoms with van der Waals surface area (Å²) in [5.74, 6) is 4.25. The lowest BCUT2D eigenvalue weighted by molar-refractivity contribution is -0.751. The van der Waals surface area contributed by atoms with Crippen molar-refractivity contribution in [1.29, 1.82) is 0 Å². The van der Waals surface area contributed by atoms with Gasteiger partial charge in [0.1, 0.15) is 42.3 Å². The van der Waals surface area contributed by atoms with Gasteiger partial charge in [0.05, 0.1) is 83.3 Å². The third-order valence-electron chi connectivity index (χ3n) is 31.8. The summed E-state index contributed by atoms with van der Waals surface area (Å²) in [4.78, 5) is 28.1. The maximum atomic E-state index is 8.60. The number of benzene rings is 9. The number of aromatic nitrogens is 18. The van der Waals surface area contributed by atoms with Crippen LogP contribution >= 0.6 is 0 Å². The quantitative estimate of drug-likeness (QED) is 0.158. The van der Waals surface area contributed by atoms with Crippen LogP contribution in [-0.2, 0) is 107 Å². The van der Waals surface area contributed by atoms with Crippen molar-refractivity contribution in [1.82, 2.24) is 58.0 Å². The Morgan fingerprint density at radius 1 is 0.257 bits per heavy atom. The molecule has 0 fully saturated rings. The smallest absolute Gasteiger partial charge is 0.154 e. The topological polar surface area (TPSA) is 130 Å². The minimum Gasteiger partial charge on any atom is -0.154 e. The first-order valence-corrected chi connectivity index (χ1v) is 47.6. The highest BCUT2D eigenvalue weighted by Gasteiger charge is 2.61. The molecule has 18 heteroatoms. The van der Waals surface area contributed by atoms with E-state index in [0.29, 0.717) is 79.0 Å². The molecule has 0 saturated heterocycles. The van der Waals surface area contributed by atoms with Crippen molar-refractivity contribution in [3.63, 3.8) is 0 Å². The largest absolute Gasteiger partial charge is 0.351 e. The maximum absolute atomic E-state index is 8.60. The Kier molecular flexibility index (Phi) is 15.2. The molecule has 9 aromatic carbocycles. The number of aryl methyl sites for hydroxylation is 13. The standard InChI is InChI=1S/2C24H30N3.C22H26N3.C18H26N3.2C17H24N3/c2*1-15-12-16(2)14-18(13-15)21-25-22-24(6,7)23(4,5)19-11-9-10-17(3)20(19)27(22)26(21)8;1-15-11-10-14-17-18(15)25-20(22(4,5)21(17,2)3)23-19(24(25)6)16-12-8-7-9-13-16;1-8-18(6)16-19-13(3)20(7)21(16)15-12(2)10-9-11-14(15)17(18,4)5;1-11-9-8-10-13-14(11)20-15(18-12(2)19(20)7)17(5,6)16(13,3)4;1-7-17(5)15-18-11-19(6)20(15)14-12(2)9-8-10-13(14)16(17,3)4/h2*9-14H,1-8H3;7-14H,1-6H3;9-11H,8H2,1-7H3;8-10H,1-7H3;8-11H,7H2,1-6H3/q6*+1/i1D3,4D3,5D3,6D3;4D3,5D3,6D3;2D3,3D3,4D3;;3D3,4D3,5D3;. The molecule has 6 aromatic heterocycles. The lowest BCUT2D eigenvalue weighted by Gasteiger charge is -2.45.